The SMILES string of the molecule is Cc1nc(-c2ccc(F)cc2)sc1C(=O)NC1CNCCC1C.Cl.Cl. The van der Waals surface area contributed by atoms with Crippen LogP contribution < -0.4 is 10.6 Å². The highest BCUT2D eigenvalue weighted by Gasteiger charge is 2.25. The van der Waals surface area contributed by atoms with Crippen LogP contribution in [0.2, 0.25) is 0 Å². The second-order valence-electron chi connectivity index (χ2n) is 5.99. The van der Waals surface area contributed by atoms with Crippen LogP contribution in [0.1, 0.15) is 28.7 Å². The highest BCUT2D eigenvalue weighted by Crippen LogP contribution is 2.28. The number of piperidine rings is 1. The molecule has 8 heteroatoms. The number of aromatic nitrogens is 1. The van der Waals surface area contributed by atoms with Gasteiger partial charge in [0.05, 0.1) is 5.69 Å². The Kier molecular flexibility index (Phi) is 8.28. The van der Waals surface area contributed by atoms with E-state index in [-0.39, 0.29) is 42.6 Å². The van der Waals surface area contributed by atoms with Gasteiger partial charge in [-0.2, -0.15) is 0 Å². The van der Waals surface area contributed by atoms with Crippen molar-refractivity contribution in [3.05, 3.63) is 40.7 Å². The number of thiazole rings is 1. The maximum absolute atomic E-state index is 13.0. The molecule has 1 fully saturated rings. The first-order valence-electron chi connectivity index (χ1n) is 7.79. The van der Waals surface area contributed by atoms with Gasteiger partial charge in [-0.3, -0.25) is 4.79 Å². The van der Waals surface area contributed by atoms with Crippen LogP contribution in [0, 0.1) is 18.7 Å². The molecule has 2 unspecified atom stereocenters. The van der Waals surface area contributed by atoms with E-state index < -0.39 is 0 Å². The van der Waals surface area contributed by atoms with Gasteiger partial charge in [0.1, 0.15) is 15.7 Å². The monoisotopic (exact) mass is 405 g/mol. The molecule has 4 nitrogen and oxygen atoms in total. The highest BCUT2D eigenvalue weighted by molar-refractivity contribution is 7.17. The van der Waals surface area contributed by atoms with Crippen LogP contribution in [0.5, 0.6) is 0 Å². The van der Waals surface area contributed by atoms with E-state index in [0.29, 0.717) is 16.5 Å². The predicted octanol–water partition coefficient (Wildman–Crippen LogP) is 3.83. The number of rotatable bonds is 3. The Hall–Kier alpha value is -1.21. The molecule has 1 aromatic carbocycles. The zero-order chi connectivity index (χ0) is 16.4. The molecule has 0 aliphatic carbocycles. The Labute approximate surface area is 163 Å². The van der Waals surface area contributed by atoms with E-state index in [0.717, 1.165) is 30.1 Å². The molecule has 0 bridgehead atoms. The predicted molar refractivity (Wildman–Crippen MR) is 105 cm³/mol. The van der Waals surface area contributed by atoms with Crippen LogP contribution in [0.25, 0.3) is 10.6 Å². The van der Waals surface area contributed by atoms with Crippen molar-refractivity contribution in [2.75, 3.05) is 13.1 Å². The number of carbonyl (C=O) groups is 1. The molecule has 1 aliphatic heterocycles. The summed E-state index contributed by atoms with van der Waals surface area (Å²) in [5.41, 5.74) is 1.54. The van der Waals surface area contributed by atoms with Gasteiger partial charge in [0.25, 0.3) is 5.91 Å². The van der Waals surface area contributed by atoms with Gasteiger partial charge in [-0.1, -0.05) is 6.92 Å². The first-order valence-corrected chi connectivity index (χ1v) is 8.61. The number of hydrogen-bond acceptors (Lipinski definition) is 4. The third-order valence-corrected chi connectivity index (χ3v) is 5.44. The second-order valence-corrected chi connectivity index (χ2v) is 6.99. The third kappa shape index (κ3) is 5.14. The first kappa shape index (κ1) is 21.8. The standard InChI is InChI=1S/C17H20FN3OS.2ClH/c1-10-7-8-19-9-14(10)21-16(22)15-11(2)20-17(23-15)12-3-5-13(18)6-4-12;;/h3-6,10,14,19H,7-9H2,1-2H3,(H,21,22);2*1H. The lowest BCUT2D eigenvalue weighted by Gasteiger charge is -2.30. The van der Waals surface area contributed by atoms with Crippen molar-refractivity contribution in [2.45, 2.75) is 26.3 Å². The lowest BCUT2D eigenvalue weighted by Crippen LogP contribution is -2.50. The summed E-state index contributed by atoms with van der Waals surface area (Å²) < 4.78 is 13.0. The largest absolute Gasteiger partial charge is 0.347 e. The Morgan fingerprint density at radius 1 is 1.32 bits per heavy atom. The van der Waals surface area contributed by atoms with Crippen molar-refractivity contribution in [3.8, 4) is 10.6 Å². The molecule has 0 spiro atoms. The van der Waals surface area contributed by atoms with Crippen LogP contribution >= 0.6 is 36.2 Å². The molecular formula is C17H22Cl2FN3OS. The van der Waals surface area contributed by atoms with E-state index >= 15 is 0 Å². The Morgan fingerprint density at radius 2 is 2.00 bits per heavy atom. The van der Waals surface area contributed by atoms with Gasteiger partial charge in [-0.25, -0.2) is 9.37 Å². The van der Waals surface area contributed by atoms with Crippen LogP contribution in [0.4, 0.5) is 4.39 Å². The summed E-state index contributed by atoms with van der Waals surface area (Å²) in [4.78, 5) is 17.6. The van der Waals surface area contributed by atoms with Gasteiger partial charge in [0, 0.05) is 18.2 Å². The Bertz CT molecular complexity index is 708. The molecule has 2 N–H and O–H groups in total. The summed E-state index contributed by atoms with van der Waals surface area (Å²) in [5.74, 6) is 0.109. The van der Waals surface area contributed by atoms with E-state index in [2.05, 4.69) is 22.5 Å². The minimum Gasteiger partial charge on any atom is -0.347 e. The van der Waals surface area contributed by atoms with E-state index in [1.165, 1.54) is 23.5 Å². The first-order chi connectivity index (χ1) is 11.0. The van der Waals surface area contributed by atoms with Crippen molar-refractivity contribution < 1.29 is 9.18 Å². The minimum atomic E-state index is -0.279. The topological polar surface area (TPSA) is 54.0 Å². The van der Waals surface area contributed by atoms with Crippen LogP contribution in [-0.4, -0.2) is 30.0 Å². The molecule has 0 saturated carbocycles. The van der Waals surface area contributed by atoms with Gasteiger partial charge >= 0.3 is 0 Å². The normalized spacial score (nSPS) is 19.5. The summed E-state index contributed by atoms with van der Waals surface area (Å²) in [5, 5.41) is 7.16. The van der Waals surface area contributed by atoms with Crippen LogP contribution in [-0.2, 0) is 0 Å². The Morgan fingerprint density at radius 3 is 2.64 bits per heavy atom. The smallest absolute Gasteiger partial charge is 0.263 e. The molecule has 1 amide bonds. The number of hydrogen-bond donors (Lipinski definition) is 2. The van der Waals surface area contributed by atoms with E-state index in [4.69, 9.17) is 0 Å². The molecular weight excluding hydrogens is 384 g/mol. The van der Waals surface area contributed by atoms with Crippen LogP contribution in [0.3, 0.4) is 0 Å². The number of aryl methyl sites for hydroxylation is 1. The summed E-state index contributed by atoms with van der Waals surface area (Å²) >= 11 is 1.35. The fourth-order valence-electron chi connectivity index (χ4n) is 2.74. The molecule has 0 radical (unpaired) electrons. The molecule has 2 aromatic rings. The maximum Gasteiger partial charge on any atom is 0.263 e. The minimum absolute atomic E-state index is 0. The van der Waals surface area contributed by atoms with Crippen molar-refractivity contribution in [2.24, 2.45) is 5.92 Å². The lowest BCUT2D eigenvalue weighted by molar-refractivity contribution is 0.0918. The number of carbonyl (C=O) groups excluding carboxylic acids is 1. The molecule has 1 aliphatic rings. The van der Waals surface area contributed by atoms with Gasteiger partial charge < -0.3 is 10.6 Å². The fraction of sp³-hybridized carbons (Fsp3) is 0.412. The number of nitrogens with one attached hydrogen (secondary N) is 2. The molecule has 1 saturated heterocycles. The van der Waals surface area contributed by atoms with Gasteiger partial charge in [-0.05, 0) is 50.1 Å². The van der Waals surface area contributed by atoms with Crippen LogP contribution in [0.15, 0.2) is 24.3 Å². The fourth-order valence-corrected chi connectivity index (χ4v) is 3.71. The van der Waals surface area contributed by atoms with Crippen molar-refractivity contribution in [1.29, 1.82) is 0 Å². The molecule has 138 valence electrons. The molecule has 3 rings (SSSR count). The van der Waals surface area contributed by atoms with E-state index in [1.54, 1.807) is 12.1 Å². The summed E-state index contributed by atoms with van der Waals surface area (Å²) in [7, 11) is 0. The zero-order valence-electron chi connectivity index (χ0n) is 14.0. The average Bonchev–Trinajstić information content (AvgIpc) is 2.92. The van der Waals surface area contributed by atoms with Gasteiger partial charge in [-0.15, -0.1) is 36.2 Å². The number of amides is 1. The summed E-state index contributed by atoms with van der Waals surface area (Å²) in [6, 6.07) is 6.32. The molecule has 25 heavy (non-hydrogen) atoms. The second kappa shape index (κ2) is 9.48. The van der Waals surface area contributed by atoms with E-state index in [9.17, 15) is 9.18 Å². The van der Waals surface area contributed by atoms with Crippen molar-refractivity contribution in [1.82, 2.24) is 15.6 Å². The maximum atomic E-state index is 13.0. The summed E-state index contributed by atoms with van der Waals surface area (Å²) in [6.45, 7) is 5.80. The quantitative estimate of drug-likeness (QED) is 0.815. The number of nitrogens with zero attached hydrogens (tertiary/aromatic N) is 1. The lowest BCUT2D eigenvalue weighted by atomic mass is 9.95. The highest BCUT2D eigenvalue weighted by atomic mass is 35.5. The number of benzene rings is 1. The molecule has 1 aromatic heterocycles. The molecule has 2 heterocycles. The Balaban J connectivity index is 0.00000156. The van der Waals surface area contributed by atoms with E-state index in [1.807, 2.05) is 6.92 Å². The van der Waals surface area contributed by atoms with Crippen molar-refractivity contribution in [3.63, 3.8) is 0 Å². The third-order valence-electron chi connectivity index (χ3n) is 4.24. The van der Waals surface area contributed by atoms with Gasteiger partial charge in [0.2, 0.25) is 0 Å². The van der Waals surface area contributed by atoms with Gasteiger partial charge in [0.15, 0.2) is 0 Å². The number of halogens is 3. The zero-order valence-corrected chi connectivity index (χ0v) is 16.5. The summed E-state index contributed by atoms with van der Waals surface area (Å²) in [6.07, 6.45) is 1.06. The molecule has 2 atom stereocenters. The van der Waals surface area contributed by atoms with Crippen molar-refractivity contribution >= 4 is 42.1 Å². The average molecular weight is 406 g/mol.